The molecule has 16 heavy (non-hydrogen) atoms. The summed E-state index contributed by atoms with van der Waals surface area (Å²) in [4.78, 5) is 3.93. The van der Waals surface area contributed by atoms with Crippen LogP contribution in [0.5, 0.6) is 0 Å². The first-order valence-corrected chi connectivity index (χ1v) is 6.16. The Bertz CT molecular complexity index is 394. The Balaban J connectivity index is 0.00000225. The molecule has 1 heterocycles. The molecule has 0 saturated heterocycles. The van der Waals surface area contributed by atoms with E-state index in [0.29, 0.717) is 13.0 Å². The van der Waals surface area contributed by atoms with Gasteiger partial charge in [-0.25, -0.2) is 13.1 Å². The molecule has 0 saturated carbocycles. The molecule has 3 N–H and O–H groups in total. The molecule has 1 atom stereocenters. The van der Waals surface area contributed by atoms with Gasteiger partial charge in [0.05, 0.1) is 0 Å². The van der Waals surface area contributed by atoms with E-state index in [1.165, 1.54) is 18.5 Å². The SMILES string of the molecule is CC(N)CCNS(=O)(=O)c1cccnc1.Cl. The molecule has 0 aliphatic carbocycles. The van der Waals surface area contributed by atoms with Crippen LogP contribution in [0.1, 0.15) is 13.3 Å². The van der Waals surface area contributed by atoms with Crippen LogP contribution in [-0.2, 0) is 10.0 Å². The number of nitrogens with two attached hydrogens (primary N) is 1. The van der Waals surface area contributed by atoms with Crippen molar-refractivity contribution < 1.29 is 8.42 Å². The average Bonchev–Trinajstić information content (AvgIpc) is 2.18. The minimum atomic E-state index is -3.42. The third-order valence-corrected chi connectivity index (χ3v) is 3.28. The Labute approximate surface area is 102 Å². The van der Waals surface area contributed by atoms with Crippen LogP contribution in [0.3, 0.4) is 0 Å². The van der Waals surface area contributed by atoms with Crippen molar-refractivity contribution in [3.05, 3.63) is 24.5 Å². The molecule has 0 aliphatic rings. The zero-order valence-corrected chi connectivity index (χ0v) is 10.6. The molecule has 0 fully saturated rings. The molecule has 0 amide bonds. The molecular formula is C9H16ClN3O2S. The van der Waals surface area contributed by atoms with Crippen molar-refractivity contribution in [2.24, 2.45) is 5.73 Å². The van der Waals surface area contributed by atoms with Gasteiger partial charge in [0.25, 0.3) is 0 Å². The fourth-order valence-corrected chi connectivity index (χ4v) is 2.02. The van der Waals surface area contributed by atoms with Gasteiger partial charge in [0.2, 0.25) is 10.0 Å². The van der Waals surface area contributed by atoms with Gasteiger partial charge in [-0.2, -0.15) is 0 Å². The molecule has 1 aromatic heterocycles. The second-order valence-electron chi connectivity index (χ2n) is 3.35. The van der Waals surface area contributed by atoms with Crippen LogP contribution in [0.4, 0.5) is 0 Å². The van der Waals surface area contributed by atoms with Crippen molar-refractivity contribution >= 4 is 22.4 Å². The predicted octanol–water partition coefficient (Wildman–Crippen LogP) is 0.519. The topological polar surface area (TPSA) is 85.1 Å². The molecule has 0 aromatic carbocycles. The lowest BCUT2D eigenvalue weighted by atomic mass is 10.3. The van der Waals surface area contributed by atoms with Crippen molar-refractivity contribution in [3.8, 4) is 0 Å². The maximum atomic E-state index is 11.6. The van der Waals surface area contributed by atoms with E-state index in [1.54, 1.807) is 6.07 Å². The van der Waals surface area contributed by atoms with Crippen molar-refractivity contribution in [1.82, 2.24) is 9.71 Å². The van der Waals surface area contributed by atoms with Crippen molar-refractivity contribution in [1.29, 1.82) is 0 Å². The van der Waals surface area contributed by atoms with E-state index in [-0.39, 0.29) is 23.3 Å². The fourth-order valence-electron chi connectivity index (χ4n) is 1.01. The van der Waals surface area contributed by atoms with Crippen LogP contribution in [0.25, 0.3) is 0 Å². The molecule has 0 radical (unpaired) electrons. The van der Waals surface area contributed by atoms with Gasteiger partial charge >= 0.3 is 0 Å². The Morgan fingerprint density at radius 2 is 2.25 bits per heavy atom. The summed E-state index contributed by atoms with van der Waals surface area (Å²) in [5.74, 6) is 0. The maximum absolute atomic E-state index is 11.6. The summed E-state index contributed by atoms with van der Waals surface area (Å²) in [6.07, 6.45) is 3.45. The van der Waals surface area contributed by atoms with Crippen LogP contribution < -0.4 is 10.5 Å². The Morgan fingerprint density at radius 3 is 2.75 bits per heavy atom. The molecule has 1 unspecified atom stereocenters. The molecule has 0 aliphatic heterocycles. The Kier molecular flexibility index (Phi) is 6.51. The first kappa shape index (κ1) is 15.3. The highest BCUT2D eigenvalue weighted by Crippen LogP contribution is 2.04. The van der Waals surface area contributed by atoms with Gasteiger partial charge in [0.1, 0.15) is 4.90 Å². The third kappa shape index (κ3) is 4.89. The molecule has 1 rings (SSSR count). The number of sulfonamides is 1. The van der Waals surface area contributed by atoms with Gasteiger partial charge in [-0.1, -0.05) is 0 Å². The van der Waals surface area contributed by atoms with E-state index in [0.717, 1.165) is 0 Å². The number of nitrogens with one attached hydrogen (secondary N) is 1. The molecule has 5 nitrogen and oxygen atoms in total. The number of halogens is 1. The van der Waals surface area contributed by atoms with E-state index in [1.807, 2.05) is 6.92 Å². The van der Waals surface area contributed by atoms with Crippen LogP contribution >= 0.6 is 12.4 Å². The predicted molar refractivity (Wildman–Crippen MR) is 64.9 cm³/mol. The first-order valence-electron chi connectivity index (χ1n) is 4.67. The smallest absolute Gasteiger partial charge is 0.242 e. The van der Waals surface area contributed by atoms with Gasteiger partial charge in [-0.15, -0.1) is 12.4 Å². The maximum Gasteiger partial charge on any atom is 0.242 e. The summed E-state index contributed by atoms with van der Waals surface area (Å²) in [7, 11) is -3.42. The van der Waals surface area contributed by atoms with Gasteiger partial charge in [-0.3, -0.25) is 4.98 Å². The zero-order valence-electron chi connectivity index (χ0n) is 8.96. The number of aromatic nitrogens is 1. The van der Waals surface area contributed by atoms with Crippen molar-refractivity contribution in [2.75, 3.05) is 6.54 Å². The summed E-state index contributed by atoms with van der Waals surface area (Å²) in [6.45, 7) is 2.17. The minimum Gasteiger partial charge on any atom is -0.328 e. The van der Waals surface area contributed by atoms with E-state index >= 15 is 0 Å². The summed E-state index contributed by atoms with van der Waals surface area (Å²) in [5, 5.41) is 0. The summed E-state index contributed by atoms with van der Waals surface area (Å²) in [5.41, 5.74) is 5.51. The summed E-state index contributed by atoms with van der Waals surface area (Å²) in [6, 6.07) is 3.07. The number of nitrogens with zero attached hydrogens (tertiary/aromatic N) is 1. The molecule has 92 valence electrons. The number of pyridine rings is 1. The van der Waals surface area contributed by atoms with E-state index in [4.69, 9.17) is 5.73 Å². The van der Waals surface area contributed by atoms with Gasteiger partial charge in [0.15, 0.2) is 0 Å². The third-order valence-electron chi connectivity index (χ3n) is 1.84. The number of rotatable bonds is 5. The highest BCUT2D eigenvalue weighted by atomic mass is 35.5. The standard InChI is InChI=1S/C9H15N3O2S.ClH/c1-8(10)4-6-12-15(13,14)9-3-2-5-11-7-9;/h2-3,5,7-8,12H,4,6,10H2,1H3;1H. The lowest BCUT2D eigenvalue weighted by Gasteiger charge is -2.07. The van der Waals surface area contributed by atoms with Crippen LogP contribution in [-0.4, -0.2) is 26.0 Å². The fraction of sp³-hybridized carbons (Fsp3) is 0.444. The highest BCUT2D eigenvalue weighted by Gasteiger charge is 2.12. The largest absolute Gasteiger partial charge is 0.328 e. The zero-order chi connectivity index (χ0) is 11.3. The van der Waals surface area contributed by atoms with Gasteiger partial charge in [-0.05, 0) is 25.5 Å². The Hall–Kier alpha value is -0.690. The average molecular weight is 266 g/mol. The van der Waals surface area contributed by atoms with Crippen LogP contribution in [0.15, 0.2) is 29.4 Å². The van der Waals surface area contributed by atoms with Crippen LogP contribution in [0, 0.1) is 0 Å². The van der Waals surface area contributed by atoms with Crippen molar-refractivity contribution in [2.45, 2.75) is 24.3 Å². The van der Waals surface area contributed by atoms with E-state index in [2.05, 4.69) is 9.71 Å². The molecule has 0 bridgehead atoms. The lowest BCUT2D eigenvalue weighted by Crippen LogP contribution is -2.29. The Morgan fingerprint density at radius 1 is 1.56 bits per heavy atom. The van der Waals surface area contributed by atoms with Crippen LogP contribution in [0.2, 0.25) is 0 Å². The first-order chi connectivity index (χ1) is 7.02. The second kappa shape index (κ2) is 6.80. The van der Waals surface area contributed by atoms with Gasteiger partial charge < -0.3 is 5.73 Å². The molecule has 0 spiro atoms. The van der Waals surface area contributed by atoms with Crippen molar-refractivity contribution in [3.63, 3.8) is 0 Å². The summed E-state index contributed by atoms with van der Waals surface area (Å²) < 4.78 is 25.7. The van der Waals surface area contributed by atoms with E-state index in [9.17, 15) is 8.42 Å². The lowest BCUT2D eigenvalue weighted by molar-refractivity contribution is 0.571. The molecular weight excluding hydrogens is 250 g/mol. The normalized spacial score (nSPS) is 12.9. The molecule has 1 aromatic rings. The quantitative estimate of drug-likeness (QED) is 0.813. The van der Waals surface area contributed by atoms with E-state index < -0.39 is 10.0 Å². The van der Waals surface area contributed by atoms with Gasteiger partial charge in [0, 0.05) is 25.0 Å². The second-order valence-corrected chi connectivity index (χ2v) is 5.12. The summed E-state index contributed by atoms with van der Waals surface area (Å²) >= 11 is 0. The highest BCUT2D eigenvalue weighted by molar-refractivity contribution is 7.89. The monoisotopic (exact) mass is 265 g/mol. The number of hydrogen-bond donors (Lipinski definition) is 2. The minimum absolute atomic E-state index is 0. The number of hydrogen-bond acceptors (Lipinski definition) is 4. The molecule has 7 heteroatoms.